The molecule has 0 radical (unpaired) electrons. The topological polar surface area (TPSA) is 154 Å². The molecular weight excluding hydrogens is 663 g/mol. The van der Waals surface area contributed by atoms with Crippen LogP contribution in [-0.2, 0) is 4.79 Å². The van der Waals surface area contributed by atoms with Gasteiger partial charge >= 0.3 is 12.1 Å². The summed E-state index contributed by atoms with van der Waals surface area (Å²) in [6.45, 7) is 5.53. The molecule has 2 N–H and O–H groups in total. The number of alkyl halides is 3. The number of pyridine rings is 1. The van der Waals surface area contributed by atoms with E-state index in [1.807, 2.05) is 42.5 Å². The lowest BCUT2D eigenvalue weighted by Crippen LogP contribution is -2.46. The molecule has 1 amide bonds. The number of nitriles is 2. The van der Waals surface area contributed by atoms with E-state index in [1.54, 1.807) is 53.5 Å². The van der Waals surface area contributed by atoms with Crippen molar-refractivity contribution in [3.63, 3.8) is 0 Å². The number of carboxylic acid groups (broad SMARTS) is 1. The Kier molecular flexibility index (Phi) is 11.3. The van der Waals surface area contributed by atoms with Gasteiger partial charge in [-0.2, -0.15) is 28.8 Å². The van der Waals surface area contributed by atoms with E-state index in [1.165, 1.54) is 0 Å². The van der Waals surface area contributed by atoms with E-state index >= 15 is 0 Å². The monoisotopic (exact) mass is 695 g/mol. The quantitative estimate of drug-likeness (QED) is 0.220. The Balaban J connectivity index is 0.000000654. The van der Waals surface area contributed by atoms with Crippen molar-refractivity contribution in [3.8, 4) is 18.0 Å². The summed E-state index contributed by atoms with van der Waals surface area (Å²) in [5, 5.41) is 34.2. The van der Waals surface area contributed by atoms with Gasteiger partial charge in [0.1, 0.15) is 0 Å². The highest BCUT2D eigenvalue weighted by atomic mass is 19.4. The number of fused-ring (bicyclic) bond motifs is 1. The largest absolute Gasteiger partial charge is 0.490 e. The zero-order valence-corrected chi connectivity index (χ0v) is 27.4. The highest BCUT2D eigenvalue weighted by Crippen LogP contribution is 2.36. The average molecular weight is 696 g/mol. The molecular formula is C36H32F3N9O3. The molecule has 12 nitrogen and oxygen atoms in total. The Bertz CT molecular complexity index is 2020. The van der Waals surface area contributed by atoms with Gasteiger partial charge in [0.15, 0.2) is 5.82 Å². The number of carbonyl (C=O) groups excluding carboxylic acids is 1. The number of likely N-dealkylation sites (N-methyl/N-ethyl adjacent to an activating group) is 1. The van der Waals surface area contributed by atoms with Gasteiger partial charge in [-0.1, -0.05) is 0 Å². The number of halogens is 3. The molecule has 2 aromatic heterocycles. The standard InChI is InChI=1S/C34H31N9O.C2HF3O2/c1-40-16-18-41(19-17-40)15-14-38-34(44)27-12-13-37-33(21-27)43-32-11-10-31(20-28(32)24-39-43)42(29-6-2-25(22-35)3-7-29)30-8-4-26(23-36)5-9-30;3-2(4,5)1(6)7/h2-13,20-21,24H,14-19H2,1H3,(H,38,44);(H,6,7). The minimum atomic E-state index is -5.08. The van der Waals surface area contributed by atoms with Gasteiger partial charge in [0.25, 0.3) is 5.91 Å². The smallest absolute Gasteiger partial charge is 0.475 e. The van der Waals surface area contributed by atoms with Crippen LogP contribution >= 0.6 is 0 Å². The van der Waals surface area contributed by atoms with Crippen molar-refractivity contribution in [1.82, 2.24) is 29.9 Å². The molecule has 1 aliphatic rings. The molecule has 3 heterocycles. The normalized spacial score (nSPS) is 13.4. The molecule has 1 aliphatic heterocycles. The molecule has 6 rings (SSSR count). The summed E-state index contributed by atoms with van der Waals surface area (Å²) < 4.78 is 33.5. The lowest BCUT2D eigenvalue weighted by atomic mass is 10.1. The maximum atomic E-state index is 13.0. The highest BCUT2D eigenvalue weighted by Gasteiger charge is 2.38. The summed E-state index contributed by atoms with van der Waals surface area (Å²) in [6, 6.07) is 28.5. The van der Waals surface area contributed by atoms with Crippen molar-refractivity contribution in [3.05, 3.63) is 108 Å². The van der Waals surface area contributed by atoms with Crippen molar-refractivity contribution in [2.75, 3.05) is 51.2 Å². The van der Waals surface area contributed by atoms with Crippen molar-refractivity contribution >= 4 is 39.8 Å². The summed E-state index contributed by atoms with van der Waals surface area (Å²) in [5.41, 5.74) is 5.14. The Morgan fingerprint density at radius 1 is 0.882 bits per heavy atom. The van der Waals surface area contributed by atoms with Gasteiger partial charge in [-0.05, 0) is 85.9 Å². The lowest BCUT2D eigenvalue weighted by molar-refractivity contribution is -0.192. The van der Waals surface area contributed by atoms with Crippen LogP contribution in [0.15, 0.2) is 91.3 Å². The van der Waals surface area contributed by atoms with E-state index in [9.17, 15) is 28.5 Å². The van der Waals surface area contributed by atoms with E-state index in [0.29, 0.717) is 29.1 Å². The molecule has 3 aromatic carbocycles. The molecule has 0 unspecified atom stereocenters. The first-order valence-electron chi connectivity index (χ1n) is 15.7. The van der Waals surface area contributed by atoms with Crippen LogP contribution in [0.1, 0.15) is 21.5 Å². The van der Waals surface area contributed by atoms with E-state index in [4.69, 9.17) is 9.90 Å². The zero-order valence-electron chi connectivity index (χ0n) is 27.4. The number of amides is 1. The molecule has 51 heavy (non-hydrogen) atoms. The van der Waals surface area contributed by atoms with Crippen molar-refractivity contribution in [1.29, 1.82) is 10.5 Å². The first-order valence-corrected chi connectivity index (χ1v) is 15.7. The zero-order chi connectivity index (χ0) is 36.5. The van der Waals surface area contributed by atoms with Gasteiger partial charge in [0, 0.05) is 73.5 Å². The Hall–Kier alpha value is -6.29. The van der Waals surface area contributed by atoms with Crippen LogP contribution in [0.5, 0.6) is 0 Å². The first-order chi connectivity index (χ1) is 24.5. The second-order valence-corrected chi connectivity index (χ2v) is 11.6. The van der Waals surface area contributed by atoms with Crippen LogP contribution in [0.4, 0.5) is 30.2 Å². The number of carbonyl (C=O) groups is 2. The maximum absolute atomic E-state index is 13.0. The number of aromatic nitrogens is 3. The minimum absolute atomic E-state index is 0.137. The third-order valence-electron chi connectivity index (χ3n) is 8.10. The van der Waals surface area contributed by atoms with Crippen LogP contribution in [0, 0.1) is 22.7 Å². The number of hydrogen-bond acceptors (Lipinski definition) is 9. The van der Waals surface area contributed by atoms with E-state index < -0.39 is 12.1 Å². The molecule has 260 valence electrons. The fraction of sp³-hybridized carbons (Fsp3) is 0.222. The second-order valence-electron chi connectivity index (χ2n) is 11.6. The van der Waals surface area contributed by atoms with Gasteiger partial charge in [-0.25, -0.2) is 14.5 Å². The minimum Gasteiger partial charge on any atom is -0.475 e. The van der Waals surface area contributed by atoms with E-state index in [2.05, 4.69) is 49.3 Å². The fourth-order valence-corrected chi connectivity index (χ4v) is 5.34. The molecule has 0 bridgehead atoms. The number of nitrogens with zero attached hydrogens (tertiary/aromatic N) is 8. The number of anilines is 3. The number of piperazine rings is 1. The number of hydrogen-bond donors (Lipinski definition) is 2. The fourth-order valence-electron chi connectivity index (χ4n) is 5.34. The predicted octanol–water partition coefficient (Wildman–Crippen LogP) is 5.24. The third-order valence-corrected chi connectivity index (χ3v) is 8.10. The van der Waals surface area contributed by atoms with Crippen molar-refractivity contribution < 1.29 is 27.9 Å². The van der Waals surface area contributed by atoms with Gasteiger partial charge in [0.2, 0.25) is 0 Å². The second kappa shape index (κ2) is 15.9. The Morgan fingerprint density at radius 2 is 1.45 bits per heavy atom. The SMILES string of the molecule is CN1CCN(CCNC(=O)c2ccnc(-n3ncc4cc(N(c5ccc(C#N)cc5)c5ccc(C#N)cc5)ccc43)c2)CC1.O=C(O)C(F)(F)F. The molecule has 0 aliphatic carbocycles. The van der Waals surface area contributed by atoms with Gasteiger partial charge in [-0.15, -0.1) is 0 Å². The highest BCUT2D eigenvalue weighted by molar-refractivity contribution is 5.95. The summed E-state index contributed by atoms with van der Waals surface area (Å²) in [5.74, 6) is -2.34. The summed E-state index contributed by atoms with van der Waals surface area (Å²) in [7, 11) is 2.13. The van der Waals surface area contributed by atoms with Gasteiger partial charge in [-0.3, -0.25) is 9.69 Å². The first kappa shape index (κ1) is 36.0. The average Bonchev–Trinajstić information content (AvgIpc) is 3.56. The number of nitrogens with one attached hydrogen (secondary N) is 1. The summed E-state index contributed by atoms with van der Waals surface area (Å²) >= 11 is 0. The molecule has 0 atom stereocenters. The molecule has 0 saturated carbocycles. The van der Waals surface area contributed by atoms with Gasteiger partial charge in [0.05, 0.1) is 35.0 Å². The van der Waals surface area contributed by atoms with E-state index in [-0.39, 0.29) is 5.91 Å². The van der Waals surface area contributed by atoms with Crippen LogP contribution < -0.4 is 10.2 Å². The summed E-state index contributed by atoms with van der Waals surface area (Å²) in [4.78, 5) is 33.1. The number of benzene rings is 3. The lowest BCUT2D eigenvalue weighted by Gasteiger charge is -2.32. The maximum Gasteiger partial charge on any atom is 0.490 e. The molecule has 0 spiro atoms. The van der Waals surface area contributed by atoms with Crippen molar-refractivity contribution in [2.24, 2.45) is 0 Å². The molecule has 1 fully saturated rings. The van der Waals surface area contributed by atoms with Crippen molar-refractivity contribution in [2.45, 2.75) is 6.18 Å². The Labute approximate surface area is 291 Å². The van der Waals surface area contributed by atoms with E-state index in [0.717, 1.165) is 60.7 Å². The van der Waals surface area contributed by atoms with Crippen LogP contribution in [0.2, 0.25) is 0 Å². The predicted molar refractivity (Wildman–Crippen MR) is 183 cm³/mol. The summed E-state index contributed by atoms with van der Waals surface area (Å²) in [6.07, 6.45) is -1.68. The van der Waals surface area contributed by atoms with Crippen LogP contribution in [-0.4, -0.2) is 94.0 Å². The number of rotatable bonds is 8. The number of aliphatic carboxylic acids is 1. The number of carboxylic acids is 1. The third kappa shape index (κ3) is 9.04. The molecule has 15 heteroatoms. The Morgan fingerprint density at radius 3 is 2.00 bits per heavy atom. The van der Waals surface area contributed by atoms with Crippen LogP contribution in [0.3, 0.4) is 0 Å². The molecule has 1 saturated heterocycles. The van der Waals surface area contributed by atoms with Gasteiger partial charge < -0.3 is 20.2 Å². The van der Waals surface area contributed by atoms with Crippen LogP contribution in [0.25, 0.3) is 16.7 Å². The molecule has 5 aromatic rings.